The summed E-state index contributed by atoms with van der Waals surface area (Å²) in [5, 5.41) is 3.64. The van der Waals surface area contributed by atoms with Crippen molar-refractivity contribution in [3.63, 3.8) is 0 Å². The molecule has 0 saturated carbocycles. The van der Waals surface area contributed by atoms with Crippen molar-refractivity contribution in [2.75, 3.05) is 13.2 Å². The lowest BCUT2D eigenvalue weighted by Crippen LogP contribution is -2.48. The van der Waals surface area contributed by atoms with E-state index in [0.29, 0.717) is 43.4 Å². The van der Waals surface area contributed by atoms with Crippen molar-refractivity contribution in [3.8, 4) is 0 Å². The number of carbonyl (C=O) groups is 1. The molecule has 1 aromatic carbocycles. The van der Waals surface area contributed by atoms with Crippen LogP contribution in [0, 0.1) is 6.92 Å². The van der Waals surface area contributed by atoms with Gasteiger partial charge in [-0.15, -0.1) is 0 Å². The normalized spacial score (nSPS) is 16.6. The standard InChI is InChI=1S/C18H20ClN3O2/c1-13-20-9-6-14(22-13)12-21-17(23)18(7-10-24-11-8-18)15-4-2-3-5-16(15)19/h2-6,9H,7-8,10-12H2,1H3,(H,21,23). The fraction of sp³-hybridized carbons (Fsp3) is 0.389. The van der Waals surface area contributed by atoms with Crippen LogP contribution in [0.1, 0.15) is 29.9 Å². The van der Waals surface area contributed by atoms with Crippen molar-refractivity contribution < 1.29 is 9.53 Å². The molecule has 1 saturated heterocycles. The largest absolute Gasteiger partial charge is 0.381 e. The molecule has 126 valence electrons. The lowest BCUT2D eigenvalue weighted by atomic mass is 9.73. The molecule has 2 heterocycles. The Kier molecular flexibility index (Phi) is 5.11. The van der Waals surface area contributed by atoms with E-state index in [2.05, 4.69) is 15.3 Å². The second kappa shape index (κ2) is 7.28. The molecular weight excluding hydrogens is 326 g/mol. The van der Waals surface area contributed by atoms with Gasteiger partial charge in [0.05, 0.1) is 17.7 Å². The number of rotatable bonds is 4. The monoisotopic (exact) mass is 345 g/mol. The lowest BCUT2D eigenvalue weighted by molar-refractivity contribution is -0.130. The van der Waals surface area contributed by atoms with Crippen LogP contribution in [0.3, 0.4) is 0 Å². The van der Waals surface area contributed by atoms with Gasteiger partial charge in [-0.25, -0.2) is 9.97 Å². The van der Waals surface area contributed by atoms with E-state index >= 15 is 0 Å². The fourth-order valence-electron chi connectivity index (χ4n) is 3.13. The third-order valence-corrected chi connectivity index (χ3v) is 4.76. The van der Waals surface area contributed by atoms with Gasteiger partial charge in [-0.1, -0.05) is 29.8 Å². The SMILES string of the molecule is Cc1nccc(CNC(=O)C2(c3ccccc3Cl)CCOCC2)n1. The molecule has 0 atom stereocenters. The summed E-state index contributed by atoms with van der Waals surface area (Å²) in [5.74, 6) is 0.656. The first-order chi connectivity index (χ1) is 11.6. The summed E-state index contributed by atoms with van der Waals surface area (Å²) in [6, 6.07) is 9.36. The summed E-state index contributed by atoms with van der Waals surface area (Å²) < 4.78 is 5.47. The van der Waals surface area contributed by atoms with Crippen molar-refractivity contribution in [1.29, 1.82) is 0 Å². The minimum atomic E-state index is -0.654. The van der Waals surface area contributed by atoms with Crippen LogP contribution in [0.25, 0.3) is 0 Å². The third kappa shape index (κ3) is 3.42. The molecule has 2 aromatic rings. The maximum absolute atomic E-state index is 13.1. The lowest BCUT2D eigenvalue weighted by Gasteiger charge is -2.36. The number of ether oxygens (including phenoxy) is 1. The number of halogens is 1. The van der Waals surface area contributed by atoms with Crippen LogP contribution in [0.4, 0.5) is 0 Å². The van der Waals surface area contributed by atoms with Crippen LogP contribution in [0.5, 0.6) is 0 Å². The molecule has 24 heavy (non-hydrogen) atoms. The molecule has 1 amide bonds. The van der Waals surface area contributed by atoms with E-state index in [4.69, 9.17) is 16.3 Å². The summed E-state index contributed by atoms with van der Waals surface area (Å²) in [6.07, 6.45) is 2.93. The third-order valence-electron chi connectivity index (χ3n) is 4.43. The number of hydrogen-bond acceptors (Lipinski definition) is 4. The van der Waals surface area contributed by atoms with Gasteiger partial charge in [0.1, 0.15) is 5.82 Å². The smallest absolute Gasteiger partial charge is 0.231 e. The summed E-state index contributed by atoms with van der Waals surface area (Å²) >= 11 is 6.39. The van der Waals surface area contributed by atoms with Gasteiger partial charge in [0.25, 0.3) is 0 Å². The zero-order valence-corrected chi connectivity index (χ0v) is 14.3. The van der Waals surface area contributed by atoms with Crippen molar-refractivity contribution in [2.24, 2.45) is 0 Å². The van der Waals surface area contributed by atoms with E-state index < -0.39 is 5.41 Å². The van der Waals surface area contributed by atoms with E-state index in [1.165, 1.54) is 0 Å². The molecule has 0 radical (unpaired) electrons. The number of carbonyl (C=O) groups excluding carboxylic acids is 1. The minimum absolute atomic E-state index is 0.0323. The van der Waals surface area contributed by atoms with Crippen LogP contribution >= 0.6 is 11.6 Å². The van der Waals surface area contributed by atoms with Gasteiger partial charge in [0, 0.05) is 24.4 Å². The van der Waals surface area contributed by atoms with E-state index in [-0.39, 0.29) is 5.91 Å². The molecule has 0 aliphatic carbocycles. The quantitative estimate of drug-likeness (QED) is 0.925. The van der Waals surface area contributed by atoms with Crippen LogP contribution in [0.15, 0.2) is 36.5 Å². The van der Waals surface area contributed by atoms with E-state index in [1.807, 2.05) is 31.2 Å². The van der Waals surface area contributed by atoms with E-state index in [9.17, 15) is 4.79 Å². The van der Waals surface area contributed by atoms with Gasteiger partial charge < -0.3 is 10.1 Å². The van der Waals surface area contributed by atoms with Crippen LogP contribution in [0.2, 0.25) is 5.02 Å². The van der Waals surface area contributed by atoms with Gasteiger partial charge in [-0.3, -0.25) is 4.79 Å². The number of amides is 1. The molecule has 1 fully saturated rings. The predicted molar refractivity (Wildman–Crippen MR) is 91.8 cm³/mol. The van der Waals surface area contributed by atoms with Crippen molar-refractivity contribution in [2.45, 2.75) is 31.7 Å². The van der Waals surface area contributed by atoms with Gasteiger partial charge in [0.2, 0.25) is 5.91 Å². The molecule has 1 aromatic heterocycles. The number of aromatic nitrogens is 2. The fourth-order valence-corrected chi connectivity index (χ4v) is 3.45. The van der Waals surface area contributed by atoms with Crippen molar-refractivity contribution in [1.82, 2.24) is 15.3 Å². The molecule has 6 heteroatoms. The Bertz CT molecular complexity index is 730. The average molecular weight is 346 g/mol. The van der Waals surface area contributed by atoms with Crippen LogP contribution in [-0.2, 0) is 21.5 Å². The molecule has 5 nitrogen and oxygen atoms in total. The number of benzene rings is 1. The van der Waals surface area contributed by atoms with Crippen LogP contribution < -0.4 is 5.32 Å². The molecule has 0 unspecified atom stereocenters. The summed E-state index contributed by atoms with van der Waals surface area (Å²) in [4.78, 5) is 21.5. The Morgan fingerprint density at radius 3 is 2.75 bits per heavy atom. The molecule has 0 bridgehead atoms. The van der Waals surface area contributed by atoms with E-state index in [1.54, 1.807) is 12.3 Å². The number of aryl methyl sites for hydroxylation is 1. The highest BCUT2D eigenvalue weighted by molar-refractivity contribution is 6.31. The van der Waals surface area contributed by atoms with Gasteiger partial charge in [0.15, 0.2) is 0 Å². The van der Waals surface area contributed by atoms with Crippen LogP contribution in [-0.4, -0.2) is 29.1 Å². The maximum atomic E-state index is 13.1. The molecule has 1 aliphatic heterocycles. The Balaban J connectivity index is 1.83. The first kappa shape index (κ1) is 16.9. The first-order valence-electron chi connectivity index (χ1n) is 8.01. The molecular formula is C18H20ClN3O2. The van der Waals surface area contributed by atoms with Gasteiger partial charge in [-0.2, -0.15) is 0 Å². The Morgan fingerprint density at radius 1 is 1.29 bits per heavy atom. The highest BCUT2D eigenvalue weighted by Gasteiger charge is 2.42. The summed E-state index contributed by atoms with van der Waals surface area (Å²) in [7, 11) is 0. The number of nitrogens with zero attached hydrogens (tertiary/aromatic N) is 2. The Morgan fingerprint density at radius 2 is 2.04 bits per heavy atom. The minimum Gasteiger partial charge on any atom is -0.381 e. The molecule has 1 N–H and O–H groups in total. The average Bonchev–Trinajstić information content (AvgIpc) is 2.61. The summed E-state index contributed by atoms with van der Waals surface area (Å²) in [6.45, 7) is 3.29. The van der Waals surface area contributed by atoms with Gasteiger partial charge in [-0.05, 0) is 37.5 Å². The molecule has 0 spiro atoms. The predicted octanol–water partition coefficient (Wildman–Crippen LogP) is 2.80. The van der Waals surface area contributed by atoms with E-state index in [0.717, 1.165) is 11.3 Å². The second-order valence-electron chi connectivity index (χ2n) is 5.95. The first-order valence-corrected chi connectivity index (χ1v) is 8.39. The topological polar surface area (TPSA) is 64.1 Å². The Labute approximate surface area is 146 Å². The molecule has 3 rings (SSSR count). The zero-order valence-electron chi connectivity index (χ0n) is 13.6. The number of nitrogens with one attached hydrogen (secondary N) is 1. The highest BCUT2D eigenvalue weighted by Crippen LogP contribution is 2.38. The number of hydrogen-bond donors (Lipinski definition) is 1. The van der Waals surface area contributed by atoms with Gasteiger partial charge >= 0.3 is 0 Å². The highest BCUT2D eigenvalue weighted by atomic mass is 35.5. The maximum Gasteiger partial charge on any atom is 0.231 e. The zero-order chi connectivity index (χ0) is 17.0. The van der Waals surface area contributed by atoms with Crippen molar-refractivity contribution >= 4 is 17.5 Å². The van der Waals surface area contributed by atoms with Crippen molar-refractivity contribution in [3.05, 3.63) is 58.6 Å². The Hall–Kier alpha value is -1.98. The summed E-state index contributed by atoms with van der Waals surface area (Å²) in [5.41, 5.74) is 1.00. The second-order valence-corrected chi connectivity index (χ2v) is 6.36. The molecule has 1 aliphatic rings.